The van der Waals surface area contributed by atoms with Gasteiger partial charge >= 0.3 is 0 Å². The van der Waals surface area contributed by atoms with Crippen molar-refractivity contribution in [2.24, 2.45) is 0 Å². The summed E-state index contributed by atoms with van der Waals surface area (Å²) in [4.78, 5) is 2.10. The van der Waals surface area contributed by atoms with E-state index < -0.39 is 0 Å². The summed E-state index contributed by atoms with van der Waals surface area (Å²) in [5.41, 5.74) is 0. The zero-order valence-electron chi connectivity index (χ0n) is 9.16. The molecule has 1 aromatic rings. The van der Waals surface area contributed by atoms with Gasteiger partial charge in [-0.2, -0.15) is 0 Å². The SMILES string of the molecule is CCCC(Oc1cc[c]cc1)N(C)C. The maximum atomic E-state index is 5.82. The summed E-state index contributed by atoms with van der Waals surface area (Å²) in [6.07, 6.45) is 2.34. The molecule has 0 aliphatic heterocycles. The third kappa shape index (κ3) is 3.38. The van der Waals surface area contributed by atoms with Crippen molar-refractivity contribution in [3.8, 4) is 5.75 Å². The molecule has 0 aliphatic carbocycles. The van der Waals surface area contributed by atoms with E-state index in [9.17, 15) is 0 Å². The molecule has 2 nitrogen and oxygen atoms in total. The lowest BCUT2D eigenvalue weighted by molar-refractivity contribution is 0.0562. The number of nitrogens with zero attached hydrogens (tertiary/aromatic N) is 1. The molecule has 0 spiro atoms. The Morgan fingerprint density at radius 3 is 2.50 bits per heavy atom. The molecule has 1 aromatic carbocycles. The van der Waals surface area contributed by atoms with Gasteiger partial charge in [-0.25, -0.2) is 0 Å². The molecule has 0 amide bonds. The number of hydrogen-bond acceptors (Lipinski definition) is 2. The molecule has 0 N–H and O–H groups in total. The molecular formula is C12H18NO. The zero-order valence-corrected chi connectivity index (χ0v) is 9.16. The largest absolute Gasteiger partial charge is 0.475 e. The second-order valence-electron chi connectivity index (χ2n) is 3.56. The van der Waals surface area contributed by atoms with E-state index in [0.717, 1.165) is 18.6 Å². The van der Waals surface area contributed by atoms with Crippen molar-refractivity contribution in [2.75, 3.05) is 14.1 Å². The first kappa shape index (κ1) is 11.1. The lowest BCUT2D eigenvalue weighted by Gasteiger charge is -2.24. The van der Waals surface area contributed by atoms with E-state index >= 15 is 0 Å². The van der Waals surface area contributed by atoms with E-state index in [4.69, 9.17) is 4.74 Å². The van der Waals surface area contributed by atoms with Gasteiger partial charge in [0.05, 0.1) is 0 Å². The Morgan fingerprint density at radius 1 is 1.36 bits per heavy atom. The van der Waals surface area contributed by atoms with Crippen LogP contribution in [-0.2, 0) is 0 Å². The molecule has 77 valence electrons. The van der Waals surface area contributed by atoms with Crippen LogP contribution >= 0.6 is 0 Å². The zero-order chi connectivity index (χ0) is 10.4. The van der Waals surface area contributed by atoms with Crippen molar-refractivity contribution in [3.63, 3.8) is 0 Å². The van der Waals surface area contributed by atoms with Crippen LogP contribution in [-0.4, -0.2) is 25.2 Å². The fourth-order valence-corrected chi connectivity index (χ4v) is 1.28. The topological polar surface area (TPSA) is 12.5 Å². The molecule has 0 heterocycles. The Balaban J connectivity index is 2.55. The van der Waals surface area contributed by atoms with Crippen LogP contribution < -0.4 is 4.74 Å². The summed E-state index contributed by atoms with van der Waals surface area (Å²) in [5, 5.41) is 0. The standard InChI is InChI=1S/C12H18NO/c1-4-8-12(13(2)3)14-11-9-6-5-7-10-11/h6-7,9-10,12H,4,8H2,1-3H3. The van der Waals surface area contributed by atoms with E-state index in [-0.39, 0.29) is 6.23 Å². The van der Waals surface area contributed by atoms with Crippen molar-refractivity contribution in [1.82, 2.24) is 4.90 Å². The molecule has 1 radical (unpaired) electrons. The molecule has 0 saturated heterocycles. The Bertz CT molecular complexity index is 246. The number of hydrogen-bond donors (Lipinski definition) is 0. The molecule has 0 saturated carbocycles. The predicted octanol–water partition coefficient (Wildman–Crippen LogP) is 2.55. The summed E-state index contributed by atoms with van der Waals surface area (Å²) in [6, 6.07) is 10.6. The van der Waals surface area contributed by atoms with Gasteiger partial charge in [-0.15, -0.1) is 0 Å². The Kier molecular flexibility index (Phi) is 4.47. The Hall–Kier alpha value is -1.02. The van der Waals surface area contributed by atoms with Gasteiger partial charge in [0.1, 0.15) is 5.75 Å². The van der Waals surface area contributed by atoms with Crippen LogP contribution in [0.15, 0.2) is 24.3 Å². The molecule has 14 heavy (non-hydrogen) atoms. The lowest BCUT2D eigenvalue weighted by atomic mass is 10.3. The predicted molar refractivity (Wildman–Crippen MR) is 58.3 cm³/mol. The highest BCUT2D eigenvalue weighted by Gasteiger charge is 2.10. The van der Waals surface area contributed by atoms with Crippen LogP contribution in [0.4, 0.5) is 0 Å². The molecule has 0 aliphatic rings. The summed E-state index contributed by atoms with van der Waals surface area (Å²) in [5.74, 6) is 0.913. The van der Waals surface area contributed by atoms with Crippen LogP contribution in [0.1, 0.15) is 19.8 Å². The lowest BCUT2D eigenvalue weighted by Crippen LogP contribution is -2.33. The van der Waals surface area contributed by atoms with Gasteiger partial charge in [0.2, 0.25) is 0 Å². The fraction of sp³-hybridized carbons (Fsp3) is 0.500. The summed E-state index contributed by atoms with van der Waals surface area (Å²) < 4.78 is 5.82. The maximum Gasteiger partial charge on any atom is 0.152 e. The maximum absolute atomic E-state index is 5.82. The first-order chi connectivity index (χ1) is 6.74. The summed E-state index contributed by atoms with van der Waals surface area (Å²) >= 11 is 0. The van der Waals surface area contributed by atoms with Crippen LogP contribution in [0.25, 0.3) is 0 Å². The van der Waals surface area contributed by atoms with Gasteiger partial charge in [0.15, 0.2) is 6.23 Å². The van der Waals surface area contributed by atoms with E-state index in [1.165, 1.54) is 0 Å². The number of benzene rings is 1. The Morgan fingerprint density at radius 2 is 2.00 bits per heavy atom. The molecule has 1 rings (SSSR count). The Labute approximate surface area is 86.5 Å². The average molecular weight is 192 g/mol. The minimum Gasteiger partial charge on any atom is -0.475 e. The summed E-state index contributed by atoms with van der Waals surface area (Å²) in [7, 11) is 4.07. The van der Waals surface area contributed by atoms with Crippen molar-refractivity contribution in [1.29, 1.82) is 0 Å². The monoisotopic (exact) mass is 192 g/mol. The van der Waals surface area contributed by atoms with Gasteiger partial charge in [0, 0.05) is 0 Å². The molecule has 1 unspecified atom stereocenters. The normalized spacial score (nSPS) is 12.9. The average Bonchev–Trinajstić information content (AvgIpc) is 2.18. The highest BCUT2D eigenvalue weighted by Crippen LogP contribution is 2.14. The van der Waals surface area contributed by atoms with Gasteiger partial charge in [0.25, 0.3) is 0 Å². The minimum absolute atomic E-state index is 0.169. The van der Waals surface area contributed by atoms with Gasteiger partial charge < -0.3 is 4.74 Å². The molecule has 0 bridgehead atoms. The molecule has 0 aromatic heterocycles. The van der Waals surface area contributed by atoms with E-state index in [1.54, 1.807) is 0 Å². The van der Waals surface area contributed by atoms with Crippen molar-refractivity contribution < 1.29 is 4.74 Å². The van der Waals surface area contributed by atoms with Crippen LogP contribution in [0.2, 0.25) is 0 Å². The third-order valence-electron chi connectivity index (χ3n) is 2.07. The highest BCUT2D eigenvalue weighted by atomic mass is 16.5. The van der Waals surface area contributed by atoms with Crippen molar-refractivity contribution in [2.45, 2.75) is 26.0 Å². The van der Waals surface area contributed by atoms with E-state index in [0.29, 0.717) is 0 Å². The quantitative estimate of drug-likeness (QED) is 0.665. The smallest absolute Gasteiger partial charge is 0.152 e. The van der Waals surface area contributed by atoms with Crippen molar-refractivity contribution >= 4 is 0 Å². The van der Waals surface area contributed by atoms with Crippen LogP contribution in [0.3, 0.4) is 0 Å². The van der Waals surface area contributed by atoms with Gasteiger partial charge in [-0.1, -0.05) is 25.5 Å². The first-order valence-electron chi connectivity index (χ1n) is 5.03. The second kappa shape index (κ2) is 5.66. The fourth-order valence-electron chi connectivity index (χ4n) is 1.28. The van der Waals surface area contributed by atoms with Crippen LogP contribution in [0, 0.1) is 6.07 Å². The molecular weight excluding hydrogens is 174 g/mol. The molecule has 0 fully saturated rings. The van der Waals surface area contributed by atoms with Crippen molar-refractivity contribution in [3.05, 3.63) is 30.3 Å². The third-order valence-corrected chi connectivity index (χ3v) is 2.07. The molecule has 1 atom stereocenters. The van der Waals surface area contributed by atoms with E-state index in [1.807, 2.05) is 38.4 Å². The van der Waals surface area contributed by atoms with Crippen LogP contribution in [0.5, 0.6) is 5.75 Å². The first-order valence-corrected chi connectivity index (χ1v) is 5.03. The van der Waals surface area contributed by atoms with Gasteiger partial charge in [-0.05, 0) is 38.7 Å². The number of rotatable bonds is 5. The highest BCUT2D eigenvalue weighted by molar-refractivity contribution is 5.20. The second-order valence-corrected chi connectivity index (χ2v) is 3.56. The van der Waals surface area contributed by atoms with Gasteiger partial charge in [-0.3, -0.25) is 4.90 Å². The minimum atomic E-state index is 0.169. The molecule has 2 heteroatoms. The summed E-state index contributed by atoms with van der Waals surface area (Å²) in [6.45, 7) is 2.17. The number of ether oxygens (including phenoxy) is 1. The van der Waals surface area contributed by atoms with E-state index in [2.05, 4.69) is 17.9 Å².